The van der Waals surface area contributed by atoms with E-state index in [1.54, 1.807) is 48.4 Å². The fourth-order valence-electron chi connectivity index (χ4n) is 3.52. The molecule has 1 heterocycles. The van der Waals surface area contributed by atoms with Crippen molar-refractivity contribution in [3.63, 3.8) is 0 Å². The van der Waals surface area contributed by atoms with Gasteiger partial charge in [0.1, 0.15) is 11.0 Å². The number of unbranched alkanes of at least 4 members (excludes halogenated alkanes) is 4. The SMILES string of the molecule is CCCCCCCN1C(=O)CC(C(=O)Nc2ccccc2OC)SC1=Nc1ccc(Cl)cc1. The number of carbonyl (C=O) groups is 2. The molecular formula is C25H30ClN3O3S. The highest BCUT2D eigenvalue weighted by molar-refractivity contribution is 8.15. The summed E-state index contributed by atoms with van der Waals surface area (Å²) in [6.07, 6.45) is 5.61. The van der Waals surface area contributed by atoms with Crippen molar-refractivity contribution in [1.29, 1.82) is 0 Å². The van der Waals surface area contributed by atoms with Crippen molar-refractivity contribution in [1.82, 2.24) is 4.90 Å². The Morgan fingerprint density at radius 2 is 1.88 bits per heavy atom. The molecule has 1 saturated heterocycles. The van der Waals surface area contributed by atoms with E-state index in [1.165, 1.54) is 24.6 Å². The summed E-state index contributed by atoms with van der Waals surface area (Å²) in [5, 5.41) is 3.48. The Morgan fingerprint density at radius 1 is 1.15 bits per heavy atom. The predicted molar refractivity (Wildman–Crippen MR) is 137 cm³/mol. The molecule has 0 saturated carbocycles. The molecule has 2 aromatic rings. The van der Waals surface area contributed by atoms with Crippen LogP contribution in [0.15, 0.2) is 53.5 Å². The van der Waals surface area contributed by atoms with Crippen molar-refractivity contribution < 1.29 is 14.3 Å². The van der Waals surface area contributed by atoms with Crippen LogP contribution in [0.2, 0.25) is 5.02 Å². The lowest BCUT2D eigenvalue weighted by molar-refractivity contribution is -0.129. The van der Waals surface area contributed by atoms with Gasteiger partial charge in [-0.15, -0.1) is 0 Å². The first kappa shape index (κ1) is 25.1. The minimum Gasteiger partial charge on any atom is -0.495 e. The molecule has 0 aromatic heterocycles. The van der Waals surface area contributed by atoms with Gasteiger partial charge < -0.3 is 10.1 Å². The van der Waals surface area contributed by atoms with Crippen LogP contribution in [-0.4, -0.2) is 40.8 Å². The quantitative estimate of drug-likeness (QED) is 0.400. The number of anilines is 1. The summed E-state index contributed by atoms with van der Waals surface area (Å²) in [5.41, 5.74) is 1.27. The third-order valence-corrected chi connectivity index (χ3v) is 6.77. The fourth-order valence-corrected chi connectivity index (χ4v) is 4.77. The first-order valence-corrected chi connectivity index (χ1v) is 12.5. The van der Waals surface area contributed by atoms with E-state index in [9.17, 15) is 9.59 Å². The van der Waals surface area contributed by atoms with Gasteiger partial charge in [-0.25, -0.2) is 4.99 Å². The molecule has 0 radical (unpaired) electrons. The van der Waals surface area contributed by atoms with Gasteiger partial charge in [0.2, 0.25) is 11.8 Å². The van der Waals surface area contributed by atoms with Crippen molar-refractivity contribution in [3.05, 3.63) is 53.6 Å². The lowest BCUT2D eigenvalue weighted by atomic mass is 10.1. The van der Waals surface area contributed by atoms with E-state index in [1.807, 2.05) is 12.1 Å². The molecule has 176 valence electrons. The van der Waals surface area contributed by atoms with Crippen LogP contribution in [0.3, 0.4) is 0 Å². The number of thioether (sulfide) groups is 1. The molecule has 1 unspecified atom stereocenters. The second kappa shape index (κ2) is 12.7. The van der Waals surface area contributed by atoms with Crippen LogP contribution in [0, 0.1) is 0 Å². The summed E-state index contributed by atoms with van der Waals surface area (Å²) in [6.45, 7) is 2.78. The van der Waals surface area contributed by atoms with Crippen LogP contribution >= 0.6 is 23.4 Å². The number of carbonyl (C=O) groups excluding carboxylic acids is 2. The maximum atomic E-state index is 13.1. The molecule has 1 atom stereocenters. The van der Waals surface area contributed by atoms with Crippen molar-refractivity contribution in [2.45, 2.75) is 50.7 Å². The number of aliphatic imine (C=N–C) groups is 1. The highest BCUT2D eigenvalue weighted by Crippen LogP contribution is 2.32. The molecule has 3 rings (SSSR count). The molecule has 8 heteroatoms. The summed E-state index contributed by atoms with van der Waals surface area (Å²) in [7, 11) is 1.55. The lowest BCUT2D eigenvalue weighted by Gasteiger charge is -2.32. The summed E-state index contributed by atoms with van der Waals surface area (Å²) in [6, 6.07) is 14.3. The topological polar surface area (TPSA) is 71.0 Å². The zero-order valence-electron chi connectivity index (χ0n) is 19.1. The number of rotatable bonds is 10. The Labute approximate surface area is 204 Å². The normalized spacial score (nSPS) is 17.3. The summed E-state index contributed by atoms with van der Waals surface area (Å²) in [5.74, 6) is 0.239. The average Bonchev–Trinajstić information content (AvgIpc) is 2.82. The van der Waals surface area contributed by atoms with Gasteiger partial charge in [-0.2, -0.15) is 0 Å². The van der Waals surface area contributed by atoms with E-state index in [2.05, 4.69) is 12.2 Å². The van der Waals surface area contributed by atoms with Crippen molar-refractivity contribution in [2.24, 2.45) is 4.99 Å². The van der Waals surface area contributed by atoms with Crippen LogP contribution in [0.1, 0.15) is 45.4 Å². The summed E-state index contributed by atoms with van der Waals surface area (Å²) in [4.78, 5) is 32.5. The number of amides is 2. The average molecular weight is 488 g/mol. The number of hydrogen-bond acceptors (Lipinski definition) is 5. The Balaban J connectivity index is 1.77. The third-order valence-electron chi connectivity index (χ3n) is 5.33. The molecule has 2 aromatic carbocycles. The second-order valence-electron chi connectivity index (χ2n) is 7.83. The van der Waals surface area contributed by atoms with Crippen molar-refractivity contribution >= 4 is 51.7 Å². The Kier molecular flexibility index (Phi) is 9.63. The van der Waals surface area contributed by atoms with E-state index in [0.29, 0.717) is 33.9 Å². The zero-order chi connectivity index (χ0) is 23.6. The molecule has 33 heavy (non-hydrogen) atoms. The van der Waals surface area contributed by atoms with Gasteiger partial charge in [0, 0.05) is 18.0 Å². The highest BCUT2D eigenvalue weighted by Gasteiger charge is 2.35. The maximum Gasteiger partial charge on any atom is 0.238 e. The Hall–Kier alpha value is -2.51. The van der Waals surface area contributed by atoms with Gasteiger partial charge in [0.05, 0.1) is 18.5 Å². The smallest absolute Gasteiger partial charge is 0.238 e. The lowest BCUT2D eigenvalue weighted by Crippen LogP contribution is -2.45. The van der Waals surface area contributed by atoms with Gasteiger partial charge in [0.15, 0.2) is 5.17 Å². The van der Waals surface area contributed by atoms with Crippen molar-refractivity contribution in [2.75, 3.05) is 19.0 Å². The number of halogens is 1. The number of nitrogens with one attached hydrogen (secondary N) is 1. The standard InChI is InChI=1S/C25H30ClN3O3S/c1-3-4-5-6-9-16-29-23(30)17-22(24(31)28-20-10-7-8-11-21(20)32-2)33-25(29)27-19-14-12-18(26)13-15-19/h7-8,10-15,22H,3-6,9,16-17H2,1-2H3,(H,28,31). The molecule has 0 spiro atoms. The summed E-state index contributed by atoms with van der Waals surface area (Å²) >= 11 is 7.32. The van der Waals surface area contributed by atoms with E-state index in [0.717, 1.165) is 19.3 Å². The largest absolute Gasteiger partial charge is 0.495 e. The molecule has 1 aliphatic rings. The van der Waals surface area contributed by atoms with Gasteiger partial charge in [-0.3, -0.25) is 14.5 Å². The van der Waals surface area contributed by atoms with E-state index < -0.39 is 5.25 Å². The molecular weight excluding hydrogens is 458 g/mol. The Bertz CT molecular complexity index is 981. The Morgan fingerprint density at radius 3 is 2.61 bits per heavy atom. The predicted octanol–water partition coefficient (Wildman–Crippen LogP) is 6.28. The number of benzene rings is 2. The first-order chi connectivity index (χ1) is 16.0. The second-order valence-corrected chi connectivity index (χ2v) is 9.44. The van der Waals surface area contributed by atoms with Crippen LogP contribution < -0.4 is 10.1 Å². The van der Waals surface area contributed by atoms with Gasteiger partial charge in [0.25, 0.3) is 0 Å². The minimum atomic E-state index is -0.579. The number of ether oxygens (including phenoxy) is 1. The van der Waals surface area contributed by atoms with Gasteiger partial charge >= 0.3 is 0 Å². The van der Waals surface area contributed by atoms with Gasteiger partial charge in [-0.05, 0) is 42.8 Å². The number of methoxy groups -OCH3 is 1. The molecule has 2 amide bonds. The molecule has 1 aliphatic heterocycles. The molecule has 1 N–H and O–H groups in total. The minimum absolute atomic E-state index is 0.0860. The van der Waals surface area contributed by atoms with Crippen LogP contribution in [0.5, 0.6) is 5.75 Å². The highest BCUT2D eigenvalue weighted by atomic mass is 35.5. The molecule has 1 fully saturated rings. The third kappa shape index (κ3) is 7.24. The van der Waals surface area contributed by atoms with Gasteiger partial charge in [-0.1, -0.05) is 68.1 Å². The monoisotopic (exact) mass is 487 g/mol. The van der Waals surface area contributed by atoms with Crippen LogP contribution in [0.25, 0.3) is 0 Å². The number of amidine groups is 1. The van der Waals surface area contributed by atoms with Crippen molar-refractivity contribution in [3.8, 4) is 5.75 Å². The van der Waals surface area contributed by atoms with Crippen LogP contribution in [0.4, 0.5) is 11.4 Å². The van der Waals surface area contributed by atoms with E-state index in [4.69, 9.17) is 21.3 Å². The number of hydrogen-bond donors (Lipinski definition) is 1. The number of para-hydroxylation sites is 2. The number of nitrogens with zero attached hydrogens (tertiary/aromatic N) is 2. The van der Waals surface area contributed by atoms with E-state index >= 15 is 0 Å². The van der Waals surface area contributed by atoms with E-state index in [-0.39, 0.29) is 18.2 Å². The molecule has 6 nitrogen and oxygen atoms in total. The summed E-state index contributed by atoms with van der Waals surface area (Å²) < 4.78 is 5.32. The fraction of sp³-hybridized carbons (Fsp3) is 0.400. The van der Waals surface area contributed by atoms with Crippen LogP contribution in [-0.2, 0) is 9.59 Å². The maximum absolute atomic E-state index is 13.1. The zero-order valence-corrected chi connectivity index (χ0v) is 20.6. The molecule has 0 aliphatic carbocycles. The first-order valence-electron chi connectivity index (χ1n) is 11.3. The molecule has 0 bridgehead atoms.